The van der Waals surface area contributed by atoms with E-state index in [2.05, 4.69) is 15.6 Å². The number of hydrogen-bond acceptors (Lipinski definition) is 5. The zero-order valence-electron chi connectivity index (χ0n) is 15.5. The molecule has 0 unspecified atom stereocenters. The molecular weight excluding hydrogens is 342 g/mol. The number of benzene rings is 1. The number of nitrogens with one attached hydrogen (secondary N) is 2. The smallest absolute Gasteiger partial charge is 0.191 e. The maximum absolute atomic E-state index is 11.1. The van der Waals surface area contributed by atoms with Crippen molar-refractivity contribution in [3.05, 3.63) is 23.8 Å². The molecule has 0 bridgehead atoms. The number of sulfone groups is 1. The summed E-state index contributed by atoms with van der Waals surface area (Å²) in [6.07, 6.45) is 2.56. The number of aliphatic imine (C=N–C) groups is 1. The zero-order chi connectivity index (χ0) is 18.7. The molecule has 0 spiro atoms. The van der Waals surface area contributed by atoms with Gasteiger partial charge in [0.1, 0.15) is 9.84 Å². The molecule has 25 heavy (non-hydrogen) atoms. The Bertz CT molecular complexity index is 660. The summed E-state index contributed by atoms with van der Waals surface area (Å²) in [4.78, 5) is 4.39. The quantitative estimate of drug-likeness (QED) is 0.365. The molecular formula is C17H29N3O4S. The summed E-state index contributed by atoms with van der Waals surface area (Å²) in [5, 5.41) is 6.40. The van der Waals surface area contributed by atoms with Crippen molar-refractivity contribution in [2.24, 2.45) is 4.99 Å². The second-order valence-corrected chi connectivity index (χ2v) is 7.87. The van der Waals surface area contributed by atoms with Crippen LogP contribution >= 0.6 is 0 Å². The first-order valence-corrected chi connectivity index (χ1v) is 10.4. The minimum Gasteiger partial charge on any atom is -0.493 e. The lowest BCUT2D eigenvalue weighted by Crippen LogP contribution is -2.38. The zero-order valence-corrected chi connectivity index (χ0v) is 16.3. The van der Waals surface area contributed by atoms with Crippen LogP contribution in [0.15, 0.2) is 23.2 Å². The van der Waals surface area contributed by atoms with Gasteiger partial charge in [-0.25, -0.2) is 8.42 Å². The van der Waals surface area contributed by atoms with Crippen LogP contribution in [0.1, 0.15) is 18.9 Å². The van der Waals surface area contributed by atoms with E-state index in [0.29, 0.717) is 37.0 Å². The molecule has 8 heteroatoms. The van der Waals surface area contributed by atoms with Gasteiger partial charge >= 0.3 is 0 Å². The van der Waals surface area contributed by atoms with E-state index >= 15 is 0 Å². The van der Waals surface area contributed by atoms with E-state index in [1.54, 1.807) is 14.2 Å². The van der Waals surface area contributed by atoms with E-state index in [0.717, 1.165) is 18.5 Å². The van der Waals surface area contributed by atoms with Gasteiger partial charge in [0.2, 0.25) is 0 Å². The average Bonchev–Trinajstić information content (AvgIpc) is 2.57. The van der Waals surface area contributed by atoms with Crippen LogP contribution in [0, 0.1) is 0 Å². The summed E-state index contributed by atoms with van der Waals surface area (Å²) >= 11 is 0. The molecule has 142 valence electrons. The number of nitrogens with zero attached hydrogens (tertiary/aromatic N) is 1. The highest BCUT2D eigenvalue weighted by atomic mass is 32.2. The number of ether oxygens (including phenoxy) is 2. The van der Waals surface area contributed by atoms with Crippen molar-refractivity contribution in [2.45, 2.75) is 19.8 Å². The van der Waals surface area contributed by atoms with Crippen LogP contribution in [0.4, 0.5) is 0 Å². The molecule has 0 aliphatic heterocycles. The first-order valence-electron chi connectivity index (χ1n) is 8.30. The van der Waals surface area contributed by atoms with Crippen molar-refractivity contribution in [3.63, 3.8) is 0 Å². The van der Waals surface area contributed by atoms with Gasteiger partial charge in [-0.2, -0.15) is 0 Å². The van der Waals surface area contributed by atoms with Gasteiger partial charge < -0.3 is 20.1 Å². The van der Waals surface area contributed by atoms with E-state index < -0.39 is 9.84 Å². The van der Waals surface area contributed by atoms with Crippen LogP contribution in [-0.4, -0.2) is 60.2 Å². The maximum atomic E-state index is 11.1. The second-order valence-electron chi connectivity index (χ2n) is 5.61. The number of hydrogen-bond donors (Lipinski definition) is 2. The summed E-state index contributed by atoms with van der Waals surface area (Å²) in [6.45, 7) is 3.91. The van der Waals surface area contributed by atoms with Gasteiger partial charge in [0.05, 0.1) is 20.0 Å². The highest BCUT2D eigenvalue weighted by Gasteiger charge is 2.05. The fourth-order valence-electron chi connectivity index (χ4n) is 2.22. The molecule has 0 aliphatic carbocycles. The summed E-state index contributed by atoms with van der Waals surface area (Å²) in [6, 6.07) is 5.84. The first-order chi connectivity index (χ1) is 11.9. The van der Waals surface area contributed by atoms with Crippen LogP contribution in [-0.2, 0) is 16.3 Å². The fraction of sp³-hybridized carbons (Fsp3) is 0.588. The Morgan fingerprint density at radius 3 is 2.48 bits per heavy atom. The molecule has 0 atom stereocenters. The molecule has 1 rings (SSSR count). The van der Waals surface area contributed by atoms with E-state index in [1.807, 2.05) is 25.1 Å². The normalized spacial score (nSPS) is 11.9. The molecule has 0 radical (unpaired) electrons. The summed E-state index contributed by atoms with van der Waals surface area (Å²) in [7, 11) is 0.299. The molecule has 0 amide bonds. The first kappa shape index (κ1) is 21.1. The van der Waals surface area contributed by atoms with Crippen molar-refractivity contribution in [1.82, 2.24) is 10.6 Å². The van der Waals surface area contributed by atoms with E-state index in [4.69, 9.17) is 9.47 Å². The molecule has 0 saturated carbocycles. The van der Waals surface area contributed by atoms with Gasteiger partial charge in [-0.15, -0.1) is 0 Å². The molecule has 0 aliphatic rings. The lowest BCUT2D eigenvalue weighted by Gasteiger charge is -2.12. The molecule has 1 aromatic rings. The number of guanidine groups is 1. The molecule has 7 nitrogen and oxygen atoms in total. The van der Waals surface area contributed by atoms with Gasteiger partial charge in [-0.05, 0) is 37.5 Å². The third-order valence-corrected chi connectivity index (χ3v) is 4.47. The van der Waals surface area contributed by atoms with Crippen molar-refractivity contribution in [2.75, 3.05) is 45.9 Å². The third-order valence-electron chi connectivity index (χ3n) is 3.44. The summed E-state index contributed by atoms with van der Waals surface area (Å²) < 4.78 is 32.8. The molecule has 1 aromatic carbocycles. The molecule has 0 heterocycles. The van der Waals surface area contributed by atoms with Crippen molar-refractivity contribution < 1.29 is 17.9 Å². The van der Waals surface area contributed by atoms with Gasteiger partial charge in [-0.3, -0.25) is 4.99 Å². The van der Waals surface area contributed by atoms with E-state index in [-0.39, 0.29) is 5.75 Å². The van der Waals surface area contributed by atoms with Crippen LogP contribution in [0.25, 0.3) is 0 Å². The fourth-order valence-corrected chi connectivity index (χ4v) is 2.87. The third kappa shape index (κ3) is 8.62. The highest BCUT2D eigenvalue weighted by molar-refractivity contribution is 7.90. The van der Waals surface area contributed by atoms with Crippen molar-refractivity contribution >= 4 is 15.8 Å². The second kappa shape index (κ2) is 10.8. The van der Waals surface area contributed by atoms with Gasteiger partial charge in [0.25, 0.3) is 0 Å². The topological polar surface area (TPSA) is 89.0 Å². The Hall–Kier alpha value is -1.96. The molecule has 2 N–H and O–H groups in total. The van der Waals surface area contributed by atoms with Crippen LogP contribution in [0.5, 0.6) is 11.5 Å². The highest BCUT2D eigenvalue weighted by Crippen LogP contribution is 2.27. The molecule has 0 saturated heterocycles. The van der Waals surface area contributed by atoms with Gasteiger partial charge in [0, 0.05) is 25.9 Å². The number of methoxy groups -OCH3 is 2. The van der Waals surface area contributed by atoms with E-state index in [9.17, 15) is 8.42 Å². The Kier molecular flexibility index (Phi) is 9.12. The van der Waals surface area contributed by atoms with Gasteiger partial charge in [-0.1, -0.05) is 6.07 Å². The SMILES string of the molecule is CCNC(=NCCCS(C)(=O)=O)NCCc1ccc(OC)c(OC)c1. The average molecular weight is 372 g/mol. The molecule has 0 fully saturated rings. The number of rotatable bonds is 10. The monoisotopic (exact) mass is 371 g/mol. The lowest BCUT2D eigenvalue weighted by atomic mass is 10.1. The summed E-state index contributed by atoms with van der Waals surface area (Å²) in [5.74, 6) is 2.26. The lowest BCUT2D eigenvalue weighted by molar-refractivity contribution is 0.354. The van der Waals surface area contributed by atoms with Crippen molar-refractivity contribution in [3.8, 4) is 11.5 Å². The van der Waals surface area contributed by atoms with Crippen LogP contribution < -0.4 is 20.1 Å². The predicted molar refractivity (Wildman–Crippen MR) is 102 cm³/mol. The summed E-state index contributed by atoms with van der Waals surface area (Å²) in [5.41, 5.74) is 1.12. The Morgan fingerprint density at radius 1 is 1.16 bits per heavy atom. The largest absolute Gasteiger partial charge is 0.493 e. The van der Waals surface area contributed by atoms with Gasteiger partial charge in [0.15, 0.2) is 17.5 Å². The Labute approximate surface area is 150 Å². The predicted octanol–water partition coefficient (Wildman–Crippen LogP) is 1.24. The minimum absolute atomic E-state index is 0.154. The van der Waals surface area contributed by atoms with Crippen LogP contribution in [0.3, 0.4) is 0 Å². The molecule has 0 aromatic heterocycles. The Morgan fingerprint density at radius 2 is 1.88 bits per heavy atom. The van der Waals surface area contributed by atoms with Crippen molar-refractivity contribution in [1.29, 1.82) is 0 Å². The van der Waals surface area contributed by atoms with Crippen LogP contribution in [0.2, 0.25) is 0 Å². The standard InChI is InChI=1S/C17H29N3O4S/c1-5-18-17(19-10-6-12-25(4,21)22)20-11-9-14-7-8-15(23-2)16(13-14)24-3/h7-8,13H,5-6,9-12H2,1-4H3,(H2,18,19,20). The maximum Gasteiger partial charge on any atom is 0.191 e. The Balaban J connectivity index is 2.51. The minimum atomic E-state index is -2.93. The van der Waals surface area contributed by atoms with E-state index in [1.165, 1.54) is 6.26 Å².